The smallest absolute Gasteiger partial charge is 0.306 e. The van der Waals surface area contributed by atoms with Crippen molar-refractivity contribution in [2.24, 2.45) is 0 Å². The molecule has 0 amide bonds. The highest BCUT2D eigenvalue weighted by atomic mass is 16.5. The van der Waals surface area contributed by atoms with E-state index in [1.165, 1.54) is 135 Å². The summed E-state index contributed by atoms with van der Waals surface area (Å²) in [6, 6.07) is 0. The monoisotopic (exact) mass is 564 g/mol. The highest BCUT2D eigenvalue weighted by Crippen LogP contribution is 2.18. The summed E-state index contributed by atoms with van der Waals surface area (Å²) in [4.78, 5) is 23.2. The van der Waals surface area contributed by atoms with Gasteiger partial charge in [0.1, 0.15) is 6.10 Å². The quantitative estimate of drug-likeness (QED) is 0.0464. The van der Waals surface area contributed by atoms with E-state index in [-0.39, 0.29) is 18.5 Å². The van der Waals surface area contributed by atoms with Crippen molar-refractivity contribution in [3.8, 4) is 0 Å². The first-order chi connectivity index (χ1) is 19.6. The average Bonchev–Trinajstić information content (AvgIpc) is 2.93. The van der Waals surface area contributed by atoms with Crippen LogP contribution in [0.1, 0.15) is 200 Å². The maximum atomic E-state index is 12.4. The van der Waals surface area contributed by atoms with Gasteiger partial charge in [-0.3, -0.25) is 4.79 Å². The third-order valence-corrected chi connectivity index (χ3v) is 7.98. The number of unbranched alkanes of at least 4 members (excludes halogenated alkanes) is 21. The first-order valence-corrected chi connectivity index (χ1v) is 17.6. The Kier molecular flexibility index (Phi) is 31.1. The molecule has 0 aromatic carbocycles. The van der Waals surface area contributed by atoms with E-state index in [9.17, 15) is 14.7 Å². The molecule has 0 radical (unpaired) electrons. The number of carboxylic acids is 1. The highest BCUT2D eigenvalue weighted by Gasteiger charge is 2.14. The number of hydrogen-bond acceptors (Lipinski definition) is 4. The summed E-state index contributed by atoms with van der Waals surface area (Å²) < 4.78 is 5.78. The zero-order valence-corrected chi connectivity index (χ0v) is 26.9. The van der Waals surface area contributed by atoms with E-state index in [2.05, 4.69) is 26.0 Å². The lowest BCUT2D eigenvalue weighted by Crippen LogP contribution is -2.23. The third-order valence-electron chi connectivity index (χ3n) is 7.98. The van der Waals surface area contributed by atoms with Gasteiger partial charge in [0.25, 0.3) is 0 Å². The third kappa shape index (κ3) is 31.2. The lowest BCUT2D eigenvalue weighted by molar-refractivity contribution is -0.305. The molecule has 0 spiro atoms. The van der Waals surface area contributed by atoms with Crippen LogP contribution in [0, 0.1) is 0 Å². The molecule has 4 nitrogen and oxygen atoms in total. The highest BCUT2D eigenvalue weighted by molar-refractivity contribution is 5.69. The van der Waals surface area contributed by atoms with E-state index in [0.717, 1.165) is 25.7 Å². The Balaban J connectivity index is 3.83. The average molecular weight is 564 g/mol. The minimum atomic E-state index is -1.02. The Morgan fingerprint density at radius 2 is 0.925 bits per heavy atom. The second-order valence-electron chi connectivity index (χ2n) is 12.0. The fourth-order valence-corrected chi connectivity index (χ4v) is 5.36. The van der Waals surface area contributed by atoms with Gasteiger partial charge in [-0.05, 0) is 64.2 Å². The van der Waals surface area contributed by atoms with Crippen molar-refractivity contribution < 1.29 is 19.4 Å². The van der Waals surface area contributed by atoms with Gasteiger partial charge >= 0.3 is 5.97 Å². The zero-order valence-electron chi connectivity index (χ0n) is 26.9. The summed E-state index contributed by atoms with van der Waals surface area (Å²) in [5, 5.41) is 10.8. The second-order valence-corrected chi connectivity index (χ2v) is 12.0. The minimum Gasteiger partial charge on any atom is -0.550 e. The predicted octanol–water partition coefficient (Wildman–Crippen LogP) is 10.6. The number of esters is 1. The fraction of sp³-hybridized carbons (Fsp3) is 0.889. The Labute approximate surface area is 249 Å². The van der Waals surface area contributed by atoms with Gasteiger partial charge in [0.2, 0.25) is 0 Å². The van der Waals surface area contributed by atoms with Gasteiger partial charge in [0.15, 0.2) is 0 Å². The van der Waals surface area contributed by atoms with Crippen LogP contribution in [0.2, 0.25) is 0 Å². The summed E-state index contributed by atoms with van der Waals surface area (Å²) in [6.45, 7) is 4.52. The van der Waals surface area contributed by atoms with Crippen molar-refractivity contribution >= 4 is 11.9 Å². The van der Waals surface area contributed by atoms with Crippen LogP contribution in [0.4, 0.5) is 0 Å². The molecule has 0 N–H and O–H groups in total. The SMILES string of the molecule is CCCCCCCC/C=C\CCCCCCCC(=O)OC(CCCCCCCCCCCCC)CCCC(=O)[O-]. The van der Waals surface area contributed by atoms with Gasteiger partial charge in [-0.15, -0.1) is 0 Å². The maximum absolute atomic E-state index is 12.4. The molecule has 0 aliphatic rings. The Hall–Kier alpha value is -1.32. The van der Waals surface area contributed by atoms with Crippen LogP contribution in [0.5, 0.6) is 0 Å². The number of carboxylic acid groups (broad SMARTS) is 1. The number of aliphatic carboxylic acids is 1. The van der Waals surface area contributed by atoms with Gasteiger partial charge in [-0.1, -0.05) is 142 Å². The van der Waals surface area contributed by atoms with Gasteiger partial charge < -0.3 is 14.6 Å². The molecule has 0 aliphatic carbocycles. The van der Waals surface area contributed by atoms with Crippen LogP contribution in [0.3, 0.4) is 0 Å². The lowest BCUT2D eigenvalue weighted by Gasteiger charge is -2.18. The standard InChI is InChI=1S/C36H68O4/c1-3-5-7-9-11-13-15-16-17-18-20-22-24-26-28-33-36(39)40-34(31-29-32-35(37)38)30-27-25-23-21-19-14-12-10-8-6-4-2/h16-17,34H,3-15,18-33H2,1-2H3,(H,37,38)/p-1/b17-16-. The van der Waals surface area contributed by atoms with E-state index < -0.39 is 5.97 Å². The van der Waals surface area contributed by atoms with Gasteiger partial charge in [-0.2, -0.15) is 0 Å². The lowest BCUT2D eigenvalue weighted by atomic mass is 10.0. The molecule has 0 fully saturated rings. The molecular weight excluding hydrogens is 496 g/mol. The summed E-state index contributed by atoms with van der Waals surface area (Å²) >= 11 is 0. The van der Waals surface area contributed by atoms with Crippen molar-refractivity contribution in [2.75, 3.05) is 0 Å². The van der Waals surface area contributed by atoms with Crippen molar-refractivity contribution in [3.63, 3.8) is 0 Å². The van der Waals surface area contributed by atoms with Gasteiger partial charge in [0.05, 0.1) is 0 Å². The topological polar surface area (TPSA) is 66.4 Å². The normalized spacial score (nSPS) is 12.2. The van der Waals surface area contributed by atoms with Crippen molar-refractivity contribution in [2.45, 2.75) is 206 Å². The number of rotatable bonds is 32. The minimum absolute atomic E-state index is 0.0422. The van der Waals surface area contributed by atoms with Gasteiger partial charge in [-0.25, -0.2) is 0 Å². The molecule has 236 valence electrons. The summed E-state index contributed by atoms with van der Waals surface area (Å²) in [5.41, 5.74) is 0. The second kappa shape index (κ2) is 32.2. The first-order valence-electron chi connectivity index (χ1n) is 17.6. The van der Waals surface area contributed by atoms with Crippen molar-refractivity contribution in [3.05, 3.63) is 12.2 Å². The molecular formula is C36H67O4-. The Bertz CT molecular complexity index is 571. The van der Waals surface area contributed by atoms with Crippen LogP contribution >= 0.6 is 0 Å². The van der Waals surface area contributed by atoms with Crippen LogP contribution < -0.4 is 5.11 Å². The molecule has 0 heterocycles. The van der Waals surface area contributed by atoms with Crippen LogP contribution in [-0.2, 0) is 14.3 Å². The Morgan fingerprint density at radius 1 is 0.525 bits per heavy atom. The summed E-state index contributed by atoms with van der Waals surface area (Å²) in [5.74, 6) is -1.13. The predicted molar refractivity (Wildman–Crippen MR) is 169 cm³/mol. The molecule has 0 saturated carbocycles. The molecule has 0 bridgehead atoms. The number of carbonyl (C=O) groups is 2. The number of hydrogen-bond donors (Lipinski definition) is 0. The summed E-state index contributed by atoms with van der Waals surface area (Å²) in [7, 11) is 0. The molecule has 1 unspecified atom stereocenters. The van der Waals surface area contributed by atoms with Crippen LogP contribution in [-0.4, -0.2) is 18.0 Å². The zero-order chi connectivity index (χ0) is 29.4. The summed E-state index contributed by atoms with van der Waals surface area (Å²) in [6.07, 6.45) is 37.5. The van der Waals surface area contributed by atoms with E-state index in [4.69, 9.17) is 4.74 Å². The van der Waals surface area contributed by atoms with E-state index in [0.29, 0.717) is 19.3 Å². The largest absolute Gasteiger partial charge is 0.550 e. The molecule has 0 saturated heterocycles. The molecule has 40 heavy (non-hydrogen) atoms. The molecule has 0 aromatic rings. The van der Waals surface area contributed by atoms with E-state index in [1.54, 1.807) is 0 Å². The maximum Gasteiger partial charge on any atom is 0.306 e. The molecule has 4 heteroatoms. The van der Waals surface area contributed by atoms with Gasteiger partial charge in [0, 0.05) is 12.4 Å². The van der Waals surface area contributed by atoms with Crippen molar-refractivity contribution in [1.29, 1.82) is 0 Å². The van der Waals surface area contributed by atoms with Crippen molar-refractivity contribution in [1.82, 2.24) is 0 Å². The molecule has 0 aliphatic heterocycles. The first kappa shape index (κ1) is 38.7. The van der Waals surface area contributed by atoms with Crippen LogP contribution in [0.15, 0.2) is 12.2 Å². The molecule has 0 aromatic heterocycles. The number of allylic oxidation sites excluding steroid dienone is 2. The van der Waals surface area contributed by atoms with E-state index in [1.807, 2.05) is 0 Å². The van der Waals surface area contributed by atoms with Crippen LogP contribution in [0.25, 0.3) is 0 Å². The molecule has 1 atom stereocenters. The Morgan fingerprint density at radius 3 is 1.40 bits per heavy atom. The molecule has 0 rings (SSSR count). The van der Waals surface area contributed by atoms with E-state index >= 15 is 0 Å². The number of ether oxygens (including phenoxy) is 1. The number of carbonyl (C=O) groups excluding carboxylic acids is 2. The fourth-order valence-electron chi connectivity index (χ4n) is 5.36.